The normalized spacial score (nSPS) is 7.25. The Morgan fingerprint density at radius 3 is 1.00 bits per heavy atom. The molecule has 0 aliphatic heterocycles. The molecule has 40 valence electrons. The van der Waals surface area contributed by atoms with Gasteiger partial charge in [0.05, 0.1) is 0 Å². The van der Waals surface area contributed by atoms with Crippen LogP contribution in [0.1, 0.15) is 0 Å². The molecular formula is Mg2O5S. The van der Waals surface area contributed by atoms with E-state index in [9.17, 15) is 0 Å². The van der Waals surface area contributed by atoms with Gasteiger partial charge in [-0.3, -0.25) is 8.42 Å². The summed E-state index contributed by atoms with van der Waals surface area (Å²) in [5.41, 5.74) is 0. The molecule has 0 aliphatic carbocycles. The second kappa shape index (κ2) is 8.36. The first-order valence-corrected chi connectivity index (χ1v) is 2.00. The second-order valence-corrected chi connectivity index (χ2v) is 1.22. The van der Waals surface area contributed by atoms with E-state index >= 15 is 0 Å². The van der Waals surface area contributed by atoms with Gasteiger partial charge in [0, 0.05) is 10.4 Å². The van der Waals surface area contributed by atoms with Crippen LogP contribution in [0.5, 0.6) is 0 Å². The first kappa shape index (κ1) is 22.8. The van der Waals surface area contributed by atoms with Crippen LogP contribution in [0.2, 0.25) is 0 Å². The Morgan fingerprint density at radius 1 is 1.00 bits per heavy atom. The molecule has 0 aromatic rings. The molecular weight excluding hydrogens is 161 g/mol. The van der Waals surface area contributed by atoms with E-state index in [4.69, 9.17) is 17.5 Å². The van der Waals surface area contributed by atoms with Crippen molar-refractivity contribution in [2.75, 3.05) is 0 Å². The predicted octanol–water partition coefficient (Wildman–Crippen LogP) is -2.22. The molecule has 0 aliphatic rings. The standard InChI is InChI=1S/2Mg.H2O4S.O/c;;1-5(2,3)4;/h;;(H2,1,2,3,4);/q2*+2;;-2/p-2. The summed E-state index contributed by atoms with van der Waals surface area (Å²) in [5.74, 6) is 0. The fourth-order valence-corrected chi connectivity index (χ4v) is 0. The summed E-state index contributed by atoms with van der Waals surface area (Å²) >= 11 is 0. The van der Waals surface area contributed by atoms with Gasteiger partial charge in [0.2, 0.25) is 0 Å². The van der Waals surface area contributed by atoms with E-state index in [1.54, 1.807) is 0 Å². The van der Waals surface area contributed by atoms with E-state index in [1.165, 1.54) is 0 Å². The summed E-state index contributed by atoms with van der Waals surface area (Å²) in [7, 11) is -5.17. The summed E-state index contributed by atoms with van der Waals surface area (Å²) < 4.78 is 34.1. The van der Waals surface area contributed by atoms with Crippen LogP contribution in [-0.4, -0.2) is 63.6 Å². The minimum Gasteiger partial charge on any atom is -2.00 e. The summed E-state index contributed by atoms with van der Waals surface area (Å²) in [6, 6.07) is 0. The molecule has 0 saturated carbocycles. The molecule has 0 N–H and O–H groups in total. The first-order valence-electron chi connectivity index (χ1n) is 0.667. The van der Waals surface area contributed by atoms with Crippen molar-refractivity contribution in [3.63, 3.8) is 0 Å². The predicted molar refractivity (Wildman–Crippen MR) is 22.7 cm³/mol. The monoisotopic (exact) mass is 160 g/mol. The van der Waals surface area contributed by atoms with Gasteiger partial charge in [0.25, 0.3) is 0 Å². The van der Waals surface area contributed by atoms with Crippen LogP contribution in [0.15, 0.2) is 0 Å². The van der Waals surface area contributed by atoms with Gasteiger partial charge in [-0.15, -0.1) is 0 Å². The van der Waals surface area contributed by atoms with Crippen molar-refractivity contribution < 1.29 is 23.0 Å². The molecule has 0 saturated heterocycles. The van der Waals surface area contributed by atoms with E-state index in [2.05, 4.69) is 0 Å². The van der Waals surface area contributed by atoms with Gasteiger partial charge in [0.15, 0.2) is 0 Å². The molecule has 0 aromatic heterocycles. The van der Waals surface area contributed by atoms with Crippen molar-refractivity contribution in [1.82, 2.24) is 0 Å². The topological polar surface area (TPSA) is 109 Å². The Balaban J connectivity index is -0.0000000267. The van der Waals surface area contributed by atoms with Gasteiger partial charge in [-0.2, -0.15) is 0 Å². The fraction of sp³-hybridized carbons (Fsp3) is 0. The van der Waals surface area contributed by atoms with Gasteiger partial charge in [-0.25, -0.2) is 0 Å². The van der Waals surface area contributed by atoms with Crippen LogP contribution in [0.25, 0.3) is 0 Å². The Bertz CT molecular complexity index is 93.6. The molecule has 0 aromatic carbocycles. The third-order valence-corrected chi connectivity index (χ3v) is 0. The van der Waals surface area contributed by atoms with Crippen LogP contribution in [0.4, 0.5) is 0 Å². The number of rotatable bonds is 0. The smallest absolute Gasteiger partial charge is 2.00 e. The molecule has 8 heavy (non-hydrogen) atoms. The summed E-state index contributed by atoms with van der Waals surface area (Å²) in [4.78, 5) is 0. The molecule has 0 heterocycles. The fourth-order valence-electron chi connectivity index (χ4n) is 0. The minimum atomic E-state index is -5.17. The molecule has 5 nitrogen and oxygen atoms in total. The van der Waals surface area contributed by atoms with Crippen molar-refractivity contribution in [2.45, 2.75) is 0 Å². The molecule has 0 radical (unpaired) electrons. The van der Waals surface area contributed by atoms with Crippen molar-refractivity contribution in [1.29, 1.82) is 0 Å². The summed E-state index contributed by atoms with van der Waals surface area (Å²) in [5, 5.41) is 0. The van der Waals surface area contributed by atoms with Crippen LogP contribution >= 0.6 is 0 Å². The van der Waals surface area contributed by atoms with Gasteiger partial charge in [0.1, 0.15) is 0 Å². The van der Waals surface area contributed by atoms with E-state index in [0.29, 0.717) is 0 Å². The van der Waals surface area contributed by atoms with Crippen LogP contribution in [0, 0.1) is 0 Å². The van der Waals surface area contributed by atoms with Crippen molar-refractivity contribution >= 4 is 56.5 Å². The zero-order valence-corrected chi connectivity index (χ0v) is 7.51. The van der Waals surface area contributed by atoms with Gasteiger partial charge >= 0.3 is 46.1 Å². The maximum atomic E-state index is 8.52. The quantitative estimate of drug-likeness (QED) is 0.227. The van der Waals surface area contributed by atoms with E-state index in [1.807, 2.05) is 0 Å². The Kier molecular flexibility index (Phi) is 23.8. The number of hydrogen-bond donors (Lipinski definition) is 0. The van der Waals surface area contributed by atoms with Crippen molar-refractivity contribution in [3.05, 3.63) is 0 Å². The van der Waals surface area contributed by atoms with Gasteiger partial charge in [-0.1, -0.05) is 0 Å². The largest absolute Gasteiger partial charge is 2.00 e. The Morgan fingerprint density at radius 2 is 1.00 bits per heavy atom. The maximum Gasteiger partial charge on any atom is 2.00 e. The van der Waals surface area contributed by atoms with E-state index in [0.717, 1.165) is 0 Å². The maximum absolute atomic E-state index is 8.52. The molecule has 0 fully saturated rings. The summed E-state index contributed by atoms with van der Waals surface area (Å²) in [6.07, 6.45) is 0. The third-order valence-electron chi connectivity index (χ3n) is 0. The molecule has 0 unspecified atom stereocenters. The van der Waals surface area contributed by atoms with E-state index in [-0.39, 0.29) is 51.6 Å². The van der Waals surface area contributed by atoms with E-state index < -0.39 is 10.4 Å². The molecule has 8 heteroatoms. The van der Waals surface area contributed by atoms with Crippen LogP contribution < -0.4 is 0 Å². The Labute approximate surface area is 79.0 Å². The zero-order valence-electron chi connectivity index (χ0n) is 3.86. The summed E-state index contributed by atoms with van der Waals surface area (Å²) in [6.45, 7) is 0. The molecule has 0 rings (SSSR count). The second-order valence-electron chi connectivity index (χ2n) is 0.408. The van der Waals surface area contributed by atoms with Crippen molar-refractivity contribution in [3.8, 4) is 0 Å². The van der Waals surface area contributed by atoms with Gasteiger partial charge in [-0.05, 0) is 0 Å². The minimum absolute atomic E-state index is 0. The SMILES string of the molecule is O=S(=O)([O-])[O-].[Mg+2].[Mg+2].[O-2]. The third kappa shape index (κ3) is 161. The first-order chi connectivity index (χ1) is 2.00. The van der Waals surface area contributed by atoms with Crippen LogP contribution in [0.3, 0.4) is 0 Å². The average molecular weight is 161 g/mol. The molecule has 0 amide bonds. The molecule has 0 spiro atoms. The zero-order chi connectivity index (χ0) is 4.50. The van der Waals surface area contributed by atoms with Crippen LogP contribution in [-0.2, 0) is 15.9 Å². The van der Waals surface area contributed by atoms with Gasteiger partial charge < -0.3 is 14.6 Å². The Hall–Kier alpha value is 1.36. The number of hydrogen-bond acceptors (Lipinski definition) is 4. The van der Waals surface area contributed by atoms with Crippen molar-refractivity contribution in [2.24, 2.45) is 0 Å². The average Bonchev–Trinajstić information content (AvgIpc) is 0.722. The molecule has 0 atom stereocenters. The molecule has 0 bridgehead atoms.